The third-order valence-corrected chi connectivity index (χ3v) is 3.88. The summed E-state index contributed by atoms with van der Waals surface area (Å²) >= 11 is 0. The average molecular weight is 256 g/mol. The van der Waals surface area contributed by atoms with Crippen molar-refractivity contribution in [1.82, 2.24) is 5.32 Å². The van der Waals surface area contributed by atoms with Crippen molar-refractivity contribution in [2.75, 3.05) is 6.54 Å². The summed E-state index contributed by atoms with van der Waals surface area (Å²) in [7, 11) is 0. The van der Waals surface area contributed by atoms with Crippen molar-refractivity contribution in [3.05, 3.63) is 0 Å². The normalized spacial score (nSPS) is 20.1. The molecular formula is C13H24N2O3. The predicted molar refractivity (Wildman–Crippen MR) is 69.0 cm³/mol. The van der Waals surface area contributed by atoms with E-state index in [-0.39, 0.29) is 11.8 Å². The highest BCUT2D eigenvalue weighted by Gasteiger charge is 2.40. The van der Waals surface area contributed by atoms with Gasteiger partial charge in [0.15, 0.2) is 0 Å². The standard InChI is InChI=1S/C13H24N2O3/c1-2-10(9-14)8-11(16)15-13(12(17)18)6-4-3-5-7-13/h10H,2-9,14H2,1H3,(H,15,16)(H,17,18). The van der Waals surface area contributed by atoms with Gasteiger partial charge in [0.05, 0.1) is 0 Å². The second-order valence-corrected chi connectivity index (χ2v) is 5.21. The van der Waals surface area contributed by atoms with E-state index in [1.54, 1.807) is 0 Å². The number of carboxylic acids is 1. The van der Waals surface area contributed by atoms with Crippen LogP contribution in [0, 0.1) is 5.92 Å². The maximum atomic E-state index is 11.9. The molecule has 1 saturated carbocycles. The molecule has 0 radical (unpaired) electrons. The molecule has 0 bridgehead atoms. The van der Waals surface area contributed by atoms with Crippen molar-refractivity contribution >= 4 is 11.9 Å². The lowest BCUT2D eigenvalue weighted by atomic mass is 9.81. The highest BCUT2D eigenvalue weighted by atomic mass is 16.4. The summed E-state index contributed by atoms with van der Waals surface area (Å²) in [6.07, 6.45) is 5.00. The predicted octanol–water partition coefficient (Wildman–Crippen LogP) is 1.27. The van der Waals surface area contributed by atoms with Gasteiger partial charge in [0.25, 0.3) is 0 Å². The molecule has 0 spiro atoms. The molecule has 5 nitrogen and oxygen atoms in total. The number of rotatable bonds is 6. The Balaban J connectivity index is 2.61. The molecule has 0 aromatic rings. The van der Waals surface area contributed by atoms with E-state index in [9.17, 15) is 14.7 Å². The molecule has 1 aliphatic rings. The minimum absolute atomic E-state index is 0.138. The highest BCUT2D eigenvalue weighted by Crippen LogP contribution is 2.28. The fraction of sp³-hybridized carbons (Fsp3) is 0.846. The first-order valence-electron chi connectivity index (χ1n) is 6.78. The SMILES string of the molecule is CCC(CN)CC(=O)NC1(C(=O)O)CCCCC1. The van der Waals surface area contributed by atoms with Gasteiger partial charge in [0.1, 0.15) is 5.54 Å². The van der Waals surface area contributed by atoms with Crippen LogP contribution >= 0.6 is 0 Å². The second-order valence-electron chi connectivity index (χ2n) is 5.21. The summed E-state index contributed by atoms with van der Waals surface area (Å²) in [5, 5.41) is 12.1. The topological polar surface area (TPSA) is 92.4 Å². The van der Waals surface area contributed by atoms with Crippen molar-refractivity contribution in [3.63, 3.8) is 0 Å². The summed E-state index contributed by atoms with van der Waals surface area (Å²) < 4.78 is 0. The lowest BCUT2D eigenvalue weighted by molar-refractivity contribution is -0.149. The zero-order chi connectivity index (χ0) is 13.6. The molecule has 4 N–H and O–H groups in total. The van der Waals surface area contributed by atoms with Crippen LogP contribution in [0.25, 0.3) is 0 Å². The maximum Gasteiger partial charge on any atom is 0.329 e. The number of aliphatic carboxylic acids is 1. The van der Waals surface area contributed by atoms with E-state index >= 15 is 0 Å². The highest BCUT2D eigenvalue weighted by molar-refractivity contribution is 5.87. The van der Waals surface area contributed by atoms with Gasteiger partial charge in [0.2, 0.25) is 5.91 Å². The summed E-state index contributed by atoms with van der Waals surface area (Å²) in [4.78, 5) is 23.3. The molecule has 104 valence electrons. The van der Waals surface area contributed by atoms with Gasteiger partial charge in [-0.3, -0.25) is 4.79 Å². The van der Waals surface area contributed by atoms with Gasteiger partial charge in [-0.15, -0.1) is 0 Å². The van der Waals surface area contributed by atoms with Gasteiger partial charge in [-0.2, -0.15) is 0 Å². The molecule has 1 fully saturated rings. The molecule has 5 heteroatoms. The van der Waals surface area contributed by atoms with Crippen LogP contribution in [-0.2, 0) is 9.59 Å². The van der Waals surface area contributed by atoms with E-state index in [2.05, 4.69) is 5.32 Å². The summed E-state index contributed by atoms with van der Waals surface area (Å²) in [5.74, 6) is -0.951. The number of nitrogens with two attached hydrogens (primary N) is 1. The largest absolute Gasteiger partial charge is 0.480 e. The molecule has 0 heterocycles. The Morgan fingerprint density at radius 1 is 1.33 bits per heavy atom. The van der Waals surface area contributed by atoms with Gasteiger partial charge < -0.3 is 16.2 Å². The number of carbonyl (C=O) groups is 2. The van der Waals surface area contributed by atoms with Gasteiger partial charge >= 0.3 is 5.97 Å². The number of amides is 1. The molecular weight excluding hydrogens is 232 g/mol. The lowest BCUT2D eigenvalue weighted by Gasteiger charge is -2.34. The van der Waals surface area contributed by atoms with Crippen molar-refractivity contribution in [3.8, 4) is 0 Å². The Labute approximate surface area is 108 Å². The molecule has 18 heavy (non-hydrogen) atoms. The van der Waals surface area contributed by atoms with E-state index in [1.807, 2.05) is 6.92 Å². The van der Waals surface area contributed by atoms with E-state index in [1.165, 1.54) is 0 Å². The zero-order valence-corrected chi connectivity index (χ0v) is 11.1. The van der Waals surface area contributed by atoms with Crippen molar-refractivity contribution in [2.24, 2.45) is 11.7 Å². The number of carbonyl (C=O) groups excluding carboxylic acids is 1. The monoisotopic (exact) mass is 256 g/mol. The number of nitrogens with one attached hydrogen (secondary N) is 1. The maximum absolute atomic E-state index is 11.9. The Kier molecular flexibility index (Phi) is 5.59. The Hall–Kier alpha value is -1.10. The van der Waals surface area contributed by atoms with Crippen LogP contribution in [0.4, 0.5) is 0 Å². The van der Waals surface area contributed by atoms with E-state index in [0.717, 1.165) is 25.7 Å². The molecule has 1 aliphatic carbocycles. The number of hydrogen-bond donors (Lipinski definition) is 3. The Bertz CT molecular complexity index is 295. The molecule has 0 aromatic carbocycles. The Morgan fingerprint density at radius 2 is 1.94 bits per heavy atom. The quantitative estimate of drug-likeness (QED) is 0.667. The van der Waals surface area contributed by atoms with Crippen LogP contribution in [0.3, 0.4) is 0 Å². The fourth-order valence-electron chi connectivity index (χ4n) is 2.52. The zero-order valence-electron chi connectivity index (χ0n) is 11.1. The van der Waals surface area contributed by atoms with Crippen LogP contribution in [0.5, 0.6) is 0 Å². The second kappa shape index (κ2) is 6.73. The first-order chi connectivity index (χ1) is 8.54. The molecule has 1 unspecified atom stereocenters. The summed E-state index contributed by atoms with van der Waals surface area (Å²) in [6, 6.07) is 0. The van der Waals surface area contributed by atoms with E-state index in [0.29, 0.717) is 25.8 Å². The van der Waals surface area contributed by atoms with Gasteiger partial charge in [0, 0.05) is 6.42 Å². The first kappa shape index (κ1) is 15.0. The first-order valence-corrected chi connectivity index (χ1v) is 6.78. The van der Waals surface area contributed by atoms with Gasteiger partial charge in [-0.1, -0.05) is 32.6 Å². The van der Waals surface area contributed by atoms with Gasteiger partial charge in [-0.05, 0) is 25.3 Å². The minimum Gasteiger partial charge on any atom is -0.480 e. The smallest absolute Gasteiger partial charge is 0.329 e. The van der Waals surface area contributed by atoms with Crippen molar-refractivity contribution in [2.45, 2.75) is 57.4 Å². The molecule has 1 amide bonds. The molecule has 1 atom stereocenters. The molecule has 0 aromatic heterocycles. The number of carboxylic acid groups (broad SMARTS) is 1. The van der Waals surface area contributed by atoms with Crippen LogP contribution in [0.2, 0.25) is 0 Å². The van der Waals surface area contributed by atoms with Crippen LogP contribution in [-0.4, -0.2) is 29.1 Å². The van der Waals surface area contributed by atoms with Gasteiger partial charge in [-0.25, -0.2) is 4.79 Å². The third kappa shape index (κ3) is 3.70. The average Bonchev–Trinajstić information content (AvgIpc) is 2.36. The minimum atomic E-state index is -1.04. The molecule has 0 saturated heterocycles. The molecule has 0 aliphatic heterocycles. The van der Waals surface area contributed by atoms with Crippen molar-refractivity contribution in [1.29, 1.82) is 0 Å². The van der Waals surface area contributed by atoms with E-state index in [4.69, 9.17) is 5.73 Å². The van der Waals surface area contributed by atoms with Crippen LogP contribution in [0.15, 0.2) is 0 Å². The Morgan fingerprint density at radius 3 is 2.39 bits per heavy atom. The van der Waals surface area contributed by atoms with Crippen molar-refractivity contribution < 1.29 is 14.7 Å². The lowest BCUT2D eigenvalue weighted by Crippen LogP contribution is -2.55. The van der Waals surface area contributed by atoms with Crippen LogP contribution in [0.1, 0.15) is 51.9 Å². The van der Waals surface area contributed by atoms with Crippen LogP contribution < -0.4 is 11.1 Å². The summed E-state index contributed by atoms with van der Waals surface area (Å²) in [5.41, 5.74) is 4.52. The molecule has 1 rings (SSSR count). The number of hydrogen-bond acceptors (Lipinski definition) is 3. The third-order valence-electron chi connectivity index (χ3n) is 3.88. The summed E-state index contributed by atoms with van der Waals surface area (Å²) in [6.45, 7) is 2.45. The van der Waals surface area contributed by atoms with E-state index < -0.39 is 11.5 Å². The fourth-order valence-corrected chi connectivity index (χ4v) is 2.52.